The van der Waals surface area contributed by atoms with Crippen molar-refractivity contribution >= 4 is 11.9 Å². The molecule has 0 aromatic heterocycles. The van der Waals surface area contributed by atoms with Crippen LogP contribution in [0.15, 0.2) is 0 Å². The SMILES string of the molecule is CNC(=O)CCCN1CCC(OCCC(=O)O)CC1. The molecule has 1 aliphatic heterocycles. The van der Waals surface area contributed by atoms with Gasteiger partial charge < -0.3 is 20.1 Å². The first-order valence-corrected chi connectivity index (χ1v) is 6.88. The summed E-state index contributed by atoms with van der Waals surface area (Å²) in [5, 5.41) is 11.1. The number of carbonyl (C=O) groups is 2. The molecule has 1 fully saturated rings. The second-order valence-corrected chi connectivity index (χ2v) is 4.83. The van der Waals surface area contributed by atoms with Gasteiger partial charge in [0.05, 0.1) is 19.1 Å². The highest BCUT2D eigenvalue weighted by Gasteiger charge is 2.19. The Morgan fingerprint density at radius 2 is 2.00 bits per heavy atom. The molecular formula is C13H24N2O4. The van der Waals surface area contributed by atoms with Crippen molar-refractivity contribution in [2.24, 2.45) is 0 Å². The number of carbonyl (C=O) groups excluding carboxylic acids is 1. The zero-order valence-electron chi connectivity index (χ0n) is 11.6. The fraction of sp³-hybridized carbons (Fsp3) is 0.846. The van der Waals surface area contributed by atoms with Crippen molar-refractivity contribution in [3.8, 4) is 0 Å². The number of ether oxygens (including phenoxy) is 1. The molecule has 6 nitrogen and oxygen atoms in total. The van der Waals surface area contributed by atoms with Gasteiger partial charge in [-0.3, -0.25) is 9.59 Å². The number of nitrogens with one attached hydrogen (secondary N) is 1. The Bertz CT molecular complexity index is 288. The molecule has 2 N–H and O–H groups in total. The Morgan fingerprint density at radius 3 is 2.58 bits per heavy atom. The van der Waals surface area contributed by atoms with Crippen molar-refractivity contribution < 1.29 is 19.4 Å². The molecule has 0 spiro atoms. The monoisotopic (exact) mass is 272 g/mol. The van der Waals surface area contributed by atoms with E-state index in [1.165, 1.54) is 0 Å². The van der Waals surface area contributed by atoms with E-state index < -0.39 is 5.97 Å². The minimum absolute atomic E-state index is 0.0757. The minimum Gasteiger partial charge on any atom is -0.481 e. The van der Waals surface area contributed by atoms with Crippen molar-refractivity contribution in [1.29, 1.82) is 0 Å². The van der Waals surface area contributed by atoms with Crippen LogP contribution < -0.4 is 5.32 Å². The summed E-state index contributed by atoms with van der Waals surface area (Å²) in [6, 6.07) is 0. The van der Waals surface area contributed by atoms with Crippen LogP contribution in [-0.2, 0) is 14.3 Å². The van der Waals surface area contributed by atoms with Gasteiger partial charge in [0.1, 0.15) is 0 Å². The van der Waals surface area contributed by atoms with Gasteiger partial charge in [0.15, 0.2) is 0 Å². The van der Waals surface area contributed by atoms with Crippen LogP contribution in [0, 0.1) is 0 Å². The standard InChI is InChI=1S/C13H24N2O4/c1-14-12(16)3-2-7-15-8-4-11(5-9-15)19-10-6-13(17)18/h11H,2-10H2,1H3,(H,14,16)(H,17,18). The third-order valence-corrected chi connectivity index (χ3v) is 3.36. The number of hydrogen-bond donors (Lipinski definition) is 2. The Hall–Kier alpha value is -1.14. The molecule has 0 aromatic carbocycles. The van der Waals surface area contributed by atoms with E-state index in [-0.39, 0.29) is 18.4 Å². The highest BCUT2D eigenvalue weighted by Crippen LogP contribution is 2.14. The lowest BCUT2D eigenvalue weighted by Crippen LogP contribution is -2.38. The van der Waals surface area contributed by atoms with E-state index in [4.69, 9.17) is 9.84 Å². The van der Waals surface area contributed by atoms with E-state index in [1.807, 2.05) is 0 Å². The highest BCUT2D eigenvalue weighted by molar-refractivity contribution is 5.75. The van der Waals surface area contributed by atoms with Gasteiger partial charge in [-0.25, -0.2) is 0 Å². The van der Waals surface area contributed by atoms with Crippen LogP contribution in [0.25, 0.3) is 0 Å². The van der Waals surface area contributed by atoms with Crippen LogP contribution in [-0.4, -0.2) is 61.3 Å². The third kappa shape index (κ3) is 7.12. The fourth-order valence-corrected chi connectivity index (χ4v) is 2.20. The zero-order valence-corrected chi connectivity index (χ0v) is 11.6. The van der Waals surface area contributed by atoms with Crippen LogP contribution >= 0.6 is 0 Å². The number of amides is 1. The van der Waals surface area contributed by atoms with Crippen molar-refractivity contribution in [1.82, 2.24) is 10.2 Å². The van der Waals surface area contributed by atoms with Gasteiger partial charge >= 0.3 is 5.97 Å². The second-order valence-electron chi connectivity index (χ2n) is 4.83. The largest absolute Gasteiger partial charge is 0.481 e. The molecule has 1 aliphatic rings. The van der Waals surface area contributed by atoms with Crippen molar-refractivity contribution in [3.63, 3.8) is 0 Å². The molecule has 1 heterocycles. The number of carboxylic acids is 1. The summed E-state index contributed by atoms with van der Waals surface area (Å²) in [7, 11) is 1.66. The summed E-state index contributed by atoms with van der Waals surface area (Å²) >= 11 is 0. The van der Waals surface area contributed by atoms with Crippen molar-refractivity contribution in [2.75, 3.05) is 33.3 Å². The summed E-state index contributed by atoms with van der Waals surface area (Å²) in [5.41, 5.74) is 0. The molecular weight excluding hydrogens is 248 g/mol. The van der Waals surface area contributed by atoms with E-state index in [2.05, 4.69) is 10.2 Å². The molecule has 19 heavy (non-hydrogen) atoms. The molecule has 1 rings (SSSR count). The van der Waals surface area contributed by atoms with Crippen LogP contribution in [0.2, 0.25) is 0 Å². The fourth-order valence-electron chi connectivity index (χ4n) is 2.20. The summed E-state index contributed by atoms with van der Waals surface area (Å²) in [5.74, 6) is -0.724. The van der Waals surface area contributed by atoms with Crippen molar-refractivity contribution in [3.05, 3.63) is 0 Å². The van der Waals surface area contributed by atoms with Gasteiger partial charge in [-0.1, -0.05) is 0 Å². The predicted molar refractivity (Wildman–Crippen MR) is 71.0 cm³/mol. The Balaban J connectivity index is 2.05. The molecule has 0 aromatic rings. The number of likely N-dealkylation sites (tertiary alicyclic amines) is 1. The maximum Gasteiger partial charge on any atom is 0.305 e. The second kappa shape index (κ2) is 8.87. The van der Waals surface area contributed by atoms with Crippen LogP contribution in [0.1, 0.15) is 32.1 Å². The topological polar surface area (TPSA) is 78.9 Å². The molecule has 6 heteroatoms. The van der Waals surface area contributed by atoms with Gasteiger partial charge in [-0.2, -0.15) is 0 Å². The average Bonchev–Trinajstić information content (AvgIpc) is 2.40. The molecule has 0 bridgehead atoms. The highest BCUT2D eigenvalue weighted by atomic mass is 16.5. The normalized spacial score (nSPS) is 17.3. The number of hydrogen-bond acceptors (Lipinski definition) is 4. The molecule has 0 atom stereocenters. The molecule has 1 amide bonds. The molecule has 110 valence electrons. The number of piperidine rings is 1. The molecule has 0 radical (unpaired) electrons. The maximum absolute atomic E-state index is 11.1. The van der Waals surface area contributed by atoms with Gasteiger partial charge in [-0.05, 0) is 25.8 Å². The van der Waals surface area contributed by atoms with E-state index in [9.17, 15) is 9.59 Å². The Kier molecular flexibility index (Phi) is 7.43. The number of carboxylic acid groups (broad SMARTS) is 1. The first kappa shape index (κ1) is 15.9. The lowest BCUT2D eigenvalue weighted by Gasteiger charge is -2.31. The summed E-state index contributed by atoms with van der Waals surface area (Å²) in [6.45, 7) is 3.17. The quantitative estimate of drug-likeness (QED) is 0.671. The minimum atomic E-state index is -0.813. The van der Waals surface area contributed by atoms with Gasteiger partial charge in [0, 0.05) is 26.6 Å². The van der Waals surface area contributed by atoms with E-state index in [1.54, 1.807) is 7.05 Å². The number of nitrogens with zero attached hydrogens (tertiary/aromatic N) is 1. The van der Waals surface area contributed by atoms with Gasteiger partial charge in [0.25, 0.3) is 0 Å². The van der Waals surface area contributed by atoms with Crippen molar-refractivity contribution in [2.45, 2.75) is 38.2 Å². The summed E-state index contributed by atoms with van der Waals surface area (Å²) < 4.78 is 5.53. The lowest BCUT2D eigenvalue weighted by atomic mass is 10.1. The number of aliphatic carboxylic acids is 1. The van der Waals surface area contributed by atoms with E-state index in [0.29, 0.717) is 13.0 Å². The third-order valence-electron chi connectivity index (χ3n) is 3.36. The van der Waals surface area contributed by atoms with Gasteiger partial charge in [0.2, 0.25) is 5.91 Å². The lowest BCUT2D eigenvalue weighted by molar-refractivity contribution is -0.139. The molecule has 0 saturated carbocycles. The number of rotatable bonds is 8. The predicted octanol–water partition coefficient (Wildman–Crippen LogP) is 0.468. The molecule has 0 unspecified atom stereocenters. The average molecular weight is 272 g/mol. The Labute approximate surface area is 114 Å². The van der Waals surface area contributed by atoms with E-state index >= 15 is 0 Å². The first-order chi connectivity index (χ1) is 9.11. The van der Waals surface area contributed by atoms with Crippen LogP contribution in [0.4, 0.5) is 0 Å². The van der Waals surface area contributed by atoms with E-state index in [0.717, 1.165) is 38.9 Å². The van der Waals surface area contributed by atoms with Gasteiger partial charge in [-0.15, -0.1) is 0 Å². The summed E-state index contributed by atoms with van der Waals surface area (Å²) in [6.07, 6.45) is 3.61. The Morgan fingerprint density at radius 1 is 1.32 bits per heavy atom. The zero-order chi connectivity index (χ0) is 14.1. The summed E-state index contributed by atoms with van der Waals surface area (Å²) in [4.78, 5) is 23.8. The van der Waals surface area contributed by atoms with Crippen LogP contribution in [0.3, 0.4) is 0 Å². The molecule has 1 saturated heterocycles. The first-order valence-electron chi connectivity index (χ1n) is 6.88. The smallest absolute Gasteiger partial charge is 0.305 e. The van der Waals surface area contributed by atoms with Crippen LogP contribution in [0.5, 0.6) is 0 Å². The maximum atomic E-state index is 11.1. The molecule has 0 aliphatic carbocycles.